The van der Waals surface area contributed by atoms with Crippen molar-refractivity contribution in [2.24, 2.45) is 5.92 Å². The number of benzene rings is 2. The molecule has 2 aromatic carbocycles. The lowest BCUT2D eigenvalue weighted by molar-refractivity contribution is 0.141. The molecule has 2 aliphatic rings. The number of rotatable bonds is 6. The summed E-state index contributed by atoms with van der Waals surface area (Å²) in [4.78, 5) is 16.9. The third-order valence-electron chi connectivity index (χ3n) is 6.88. The normalized spacial score (nSPS) is 20.9. The molecule has 1 N–H and O–H groups in total. The van der Waals surface area contributed by atoms with Crippen molar-refractivity contribution >= 4 is 39.3 Å². The van der Waals surface area contributed by atoms with Crippen molar-refractivity contribution < 1.29 is 13.2 Å². The van der Waals surface area contributed by atoms with Gasteiger partial charge in [-0.1, -0.05) is 41.4 Å². The molecule has 0 radical (unpaired) electrons. The van der Waals surface area contributed by atoms with E-state index in [0.717, 1.165) is 11.1 Å². The van der Waals surface area contributed by atoms with Crippen LogP contribution in [0.3, 0.4) is 0 Å². The number of hydrogen-bond donors (Lipinski definition) is 1. The second-order valence-electron chi connectivity index (χ2n) is 9.32. The molecular weight excluding hydrogens is 521 g/mol. The zero-order valence-electron chi connectivity index (χ0n) is 20.0. The van der Waals surface area contributed by atoms with Crippen molar-refractivity contribution in [2.45, 2.75) is 12.5 Å². The molecule has 0 aliphatic carbocycles. The van der Waals surface area contributed by atoms with Crippen LogP contribution in [0.1, 0.15) is 22.6 Å². The molecule has 0 aromatic heterocycles. The molecule has 2 fully saturated rings. The number of carbonyl (C=O) groups excluding carboxylic acids is 1. The Balaban J connectivity index is 1.43. The Hall–Kier alpha value is -2.35. The quantitative estimate of drug-likeness (QED) is 0.595. The van der Waals surface area contributed by atoms with Gasteiger partial charge in [0.15, 0.2) is 0 Å². The number of piperazine rings is 1. The number of amides is 2. The fourth-order valence-corrected chi connectivity index (χ4v) is 6.00. The first-order valence-electron chi connectivity index (χ1n) is 11.8. The summed E-state index contributed by atoms with van der Waals surface area (Å²) >= 11 is 12.4. The Kier molecular flexibility index (Phi) is 8.43. The van der Waals surface area contributed by atoms with E-state index in [9.17, 15) is 13.2 Å². The molecule has 2 saturated heterocycles. The highest BCUT2D eigenvalue weighted by Gasteiger charge is 2.38. The average molecular weight is 551 g/mol. The smallest absolute Gasteiger partial charge is 0.320 e. The van der Waals surface area contributed by atoms with Crippen molar-refractivity contribution in [3.63, 3.8) is 0 Å². The summed E-state index contributed by atoms with van der Waals surface area (Å²) in [5.74, 6) is 0.233. The van der Waals surface area contributed by atoms with E-state index < -0.39 is 10.0 Å². The maximum absolute atomic E-state index is 13.3. The third-order valence-corrected chi connectivity index (χ3v) is 8.92. The Morgan fingerprint density at radius 3 is 2.33 bits per heavy atom. The number of nitrogens with one attached hydrogen (secondary N) is 1. The first-order chi connectivity index (χ1) is 17.2. The van der Waals surface area contributed by atoms with Crippen LogP contribution in [0.2, 0.25) is 10.0 Å². The molecular formula is C25H29Cl2N5O3S. The molecule has 0 saturated carbocycles. The lowest BCUT2D eigenvalue weighted by Gasteiger charge is -2.35. The maximum Gasteiger partial charge on any atom is 0.320 e. The predicted molar refractivity (Wildman–Crippen MR) is 141 cm³/mol. The second kappa shape index (κ2) is 11.4. The fourth-order valence-electron chi connectivity index (χ4n) is 4.87. The number of hydrogen-bond acceptors (Lipinski definition) is 5. The Morgan fingerprint density at radius 2 is 1.72 bits per heavy atom. The van der Waals surface area contributed by atoms with E-state index in [1.807, 2.05) is 29.2 Å². The van der Waals surface area contributed by atoms with E-state index in [1.54, 1.807) is 23.1 Å². The van der Waals surface area contributed by atoms with E-state index in [-0.39, 0.29) is 17.9 Å². The minimum absolute atomic E-state index is 0.0668. The highest BCUT2D eigenvalue weighted by atomic mass is 35.5. The van der Waals surface area contributed by atoms with Crippen LogP contribution >= 0.6 is 23.2 Å². The molecule has 0 spiro atoms. The largest absolute Gasteiger partial charge is 0.324 e. The van der Waals surface area contributed by atoms with Crippen LogP contribution in [0.4, 0.5) is 4.79 Å². The summed E-state index contributed by atoms with van der Waals surface area (Å²) in [6, 6.07) is 15.2. The van der Waals surface area contributed by atoms with Crippen molar-refractivity contribution in [1.82, 2.24) is 19.4 Å². The molecule has 8 nitrogen and oxygen atoms in total. The molecule has 2 aliphatic heterocycles. The molecule has 4 rings (SSSR count). The van der Waals surface area contributed by atoms with Gasteiger partial charge in [0.05, 0.1) is 27.9 Å². The Labute approximate surface area is 222 Å². The number of sulfonamides is 1. The zero-order chi connectivity index (χ0) is 25.9. The molecule has 2 atom stereocenters. The lowest BCUT2D eigenvalue weighted by Crippen LogP contribution is -2.53. The Bertz CT molecular complexity index is 1240. The van der Waals surface area contributed by atoms with E-state index in [2.05, 4.69) is 11.4 Å². The van der Waals surface area contributed by atoms with E-state index in [4.69, 9.17) is 28.5 Å². The standard InChI is InChI=1S/C25H29Cl2N5O3S/c1-36(34,35)32-10-8-30(9-11-32)25(33)31-16-21(15-29-14-19-4-2-18(13-28)3-5-19)22(17-31)20-6-7-23(26)24(27)12-20/h2-7,12,21-22,29H,8-11,14-17H2,1H3. The molecule has 0 bridgehead atoms. The summed E-state index contributed by atoms with van der Waals surface area (Å²) in [7, 11) is -3.26. The minimum Gasteiger partial charge on any atom is -0.324 e. The van der Waals surface area contributed by atoms with Gasteiger partial charge in [-0.3, -0.25) is 0 Å². The first-order valence-corrected chi connectivity index (χ1v) is 14.4. The van der Waals surface area contributed by atoms with Crippen molar-refractivity contribution in [3.8, 4) is 6.07 Å². The van der Waals surface area contributed by atoms with Gasteiger partial charge in [0.1, 0.15) is 0 Å². The van der Waals surface area contributed by atoms with Crippen molar-refractivity contribution in [3.05, 3.63) is 69.2 Å². The van der Waals surface area contributed by atoms with Gasteiger partial charge < -0.3 is 15.1 Å². The van der Waals surface area contributed by atoms with Gasteiger partial charge >= 0.3 is 6.03 Å². The number of halogens is 2. The Morgan fingerprint density at radius 1 is 1.03 bits per heavy atom. The van der Waals surface area contributed by atoms with E-state index >= 15 is 0 Å². The lowest BCUT2D eigenvalue weighted by atomic mass is 9.89. The predicted octanol–water partition coefficient (Wildman–Crippen LogP) is 3.37. The molecule has 192 valence electrons. The zero-order valence-corrected chi connectivity index (χ0v) is 22.4. The highest BCUT2D eigenvalue weighted by molar-refractivity contribution is 7.88. The van der Waals surface area contributed by atoms with Gasteiger partial charge in [0.2, 0.25) is 10.0 Å². The van der Waals surface area contributed by atoms with E-state index in [1.165, 1.54) is 10.6 Å². The number of nitriles is 1. The maximum atomic E-state index is 13.3. The molecule has 11 heteroatoms. The fraction of sp³-hybridized carbons (Fsp3) is 0.440. The minimum atomic E-state index is -3.26. The summed E-state index contributed by atoms with van der Waals surface area (Å²) in [5.41, 5.74) is 2.74. The number of carbonyl (C=O) groups is 1. The van der Waals surface area contributed by atoms with E-state index in [0.29, 0.717) is 68.0 Å². The van der Waals surface area contributed by atoms with Crippen LogP contribution in [-0.2, 0) is 16.6 Å². The summed E-state index contributed by atoms with van der Waals surface area (Å²) < 4.78 is 25.0. The number of urea groups is 1. The van der Waals surface area contributed by atoms with Crippen LogP contribution in [0.25, 0.3) is 0 Å². The van der Waals surface area contributed by atoms with Crippen molar-refractivity contribution in [2.75, 3.05) is 52.1 Å². The van der Waals surface area contributed by atoms with Gasteiger partial charge in [0.25, 0.3) is 0 Å². The van der Waals surface area contributed by atoms with Crippen LogP contribution in [0, 0.1) is 17.2 Å². The SMILES string of the molecule is CS(=O)(=O)N1CCN(C(=O)N2CC(CNCc3ccc(C#N)cc3)C(c3ccc(Cl)c(Cl)c3)C2)CC1. The number of nitrogens with zero attached hydrogens (tertiary/aromatic N) is 4. The van der Waals surface area contributed by atoms with Crippen LogP contribution in [0.15, 0.2) is 42.5 Å². The van der Waals surface area contributed by atoms with Gasteiger partial charge in [-0.05, 0) is 41.3 Å². The summed E-state index contributed by atoms with van der Waals surface area (Å²) in [6.07, 6.45) is 1.20. The molecule has 2 aromatic rings. The van der Waals surface area contributed by atoms with Crippen LogP contribution < -0.4 is 5.32 Å². The summed E-state index contributed by atoms with van der Waals surface area (Å²) in [5, 5.41) is 13.5. The van der Waals surface area contributed by atoms with Gasteiger partial charge in [-0.15, -0.1) is 0 Å². The van der Waals surface area contributed by atoms with Gasteiger partial charge in [-0.2, -0.15) is 9.57 Å². The van der Waals surface area contributed by atoms with Crippen LogP contribution in [0.5, 0.6) is 0 Å². The van der Waals surface area contributed by atoms with Gasteiger partial charge in [-0.25, -0.2) is 13.2 Å². The monoisotopic (exact) mass is 549 g/mol. The average Bonchev–Trinajstić information content (AvgIpc) is 3.29. The topological polar surface area (TPSA) is 96.8 Å². The summed E-state index contributed by atoms with van der Waals surface area (Å²) in [6.45, 7) is 3.84. The third kappa shape index (κ3) is 6.31. The highest BCUT2D eigenvalue weighted by Crippen LogP contribution is 2.36. The molecule has 2 heterocycles. The first kappa shape index (κ1) is 26.7. The molecule has 2 unspecified atom stereocenters. The molecule has 36 heavy (non-hydrogen) atoms. The number of likely N-dealkylation sites (tertiary alicyclic amines) is 1. The van der Waals surface area contributed by atoms with Gasteiger partial charge in [0, 0.05) is 58.3 Å². The van der Waals surface area contributed by atoms with Crippen molar-refractivity contribution in [1.29, 1.82) is 5.26 Å². The second-order valence-corrected chi connectivity index (χ2v) is 12.1. The van der Waals surface area contributed by atoms with Crippen LogP contribution in [-0.4, -0.2) is 80.6 Å². The molecule has 2 amide bonds.